The van der Waals surface area contributed by atoms with Crippen LogP contribution in [0, 0.1) is 35.4 Å². The van der Waals surface area contributed by atoms with Gasteiger partial charge in [0.2, 0.25) is 11.8 Å². The fraction of sp³-hybridized carbons (Fsp3) is 0.190. The first kappa shape index (κ1) is 19.0. The standard InChI is InChI=1S/C21H16ClFN4O2/c1-11-18-19(16(9-24)20(25)29-21(18)27-26-11)15-8-13(22)5-6-17(15)28-10-12-3-2-4-14(23)7-12/h2-8,16,19,25H,10H2,1H3,(H,26,27). The third-order valence-electron chi connectivity index (χ3n) is 4.82. The number of aryl methyl sites for hydroxylation is 1. The maximum Gasteiger partial charge on any atom is 0.243 e. The Morgan fingerprint density at radius 2 is 2.17 bits per heavy atom. The average Bonchev–Trinajstić information content (AvgIpc) is 3.06. The third kappa shape index (κ3) is 3.55. The summed E-state index contributed by atoms with van der Waals surface area (Å²) >= 11 is 6.25. The van der Waals surface area contributed by atoms with Crippen LogP contribution in [0.25, 0.3) is 0 Å². The van der Waals surface area contributed by atoms with Crippen LogP contribution in [0.3, 0.4) is 0 Å². The highest BCUT2D eigenvalue weighted by atomic mass is 35.5. The highest BCUT2D eigenvalue weighted by Gasteiger charge is 2.41. The van der Waals surface area contributed by atoms with Crippen LogP contribution in [0.15, 0.2) is 42.5 Å². The average molecular weight is 411 g/mol. The van der Waals surface area contributed by atoms with Gasteiger partial charge < -0.3 is 9.47 Å². The smallest absolute Gasteiger partial charge is 0.243 e. The van der Waals surface area contributed by atoms with E-state index < -0.39 is 11.8 Å². The van der Waals surface area contributed by atoms with Gasteiger partial charge in [0.1, 0.15) is 24.1 Å². The summed E-state index contributed by atoms with van der Waals surface area (Å²) in [6.07, 6.45) is 0. The third-order valence-corrected chi connectivity index (χ3v) is 5.06. The Kier molecular flexibility index (Phi) is 4.95. The number of benzene rings is 2. The van der Waals surface area contributed by atoms with E-state index in [4.69, 9.17) is 26.5 Å². The second kappa shape index (κ2) is 7.57. The van der Waals surface area contributed by atoms with Crippen molar-refractivity contribution >= 4 is 17.5 Å². The zero-order valence-electron chi connectivity index (χ0n) is 15.4. The number of hydrogen-bond donors (Lipinski definition) is 2. The van der Waals surface area contributed by atoms with Crippen LogP contribution in [0.4, 0.5) is 4.39 Å². The lowest BCUT2D eigenvalue weighted by molar-refractivity contribution is 0.299. The molecule has 2 atom stereocenters. The minimum absolute atomic E-state index is 0.140. The van der Waals surface area contributed by atoms with E-state index in [-0.39, 0.29) is 24.2 Å². The summed E-state index contributed by atoms with van der Waals surface area (Å²) in [5.41, 5.74) is 2.72. The first-order chi connectivity index (χ1) is 14.0. The van der Waals surface area contributed by atoms with Crippen LogP contribution in [0.2, 0.25) is 5.02 Å². The van der Waals surface area contributed by atoms with Crippen molar-refractivity contribution in [2.24, 2.45) is 5.92 Å². The molecule has 29 heavy (non-hydrogen) atoms. The van der Waals surface area contributed by atoms with Gasteiger partial charge in [0.15, 0.2) is 0 Å². The molecule has 1 aliphatic heterocycles. The summed E-state index contributed by atoms with van der Waals surface area (Å²) in [6, 6.07) is 13.4. The van der Waals surface area contributed by atoms with Crippen LogP contribution in [-0.2, 0) is 6.61 Å². The summed E-state index contributed by atoms with van der Waals surface area (Å²) in [6.45, 7) is 1.96. The number of halogens is 2. The second-order valence-corrected chi connectivity index (χ2v) is 7.16. The Bertz CT molecular complexity index is 1140. The number of nitrogens with one attached hydrogen (secondary N) is 2. The topological polar surface area (TPSA) is 94.8 Å². The van der Waals surface area contributed by atoms with Crippen molar-refractivity contribution in [3.63, 3.8) is 0 Å². The van der Waals surface area contributed by atoms with E-state index >= 15 is 0 Å². The number of ether oxygens (including phenoxy) is 2. The predicted molar refractivity (Wildman–Crippen MR) is 105 cm³/mol. The van der Waals surface area contributed by atoms with E-state index in [1.54, 1.807) is 30.3 Å². The van der Waals surface area contributed by atoms with Gasteiger partial charge >= 0.3 is 0 Å². The number of H-pyrrole nitrogens is 1. The molecular formula is C21H16ClFN4O2. The number of fused-ring (bicyclic) bond motifs is 1. The van der Waals surface area contributed by atoms with Crippen molar-refractivity contribution in [3.05, 3.63) is 75.7 Å². The molecule has 0 amide bonds. The zero-order valence-corrected chi connectivity index (χ0v) is 16.1. The van der Waals surface area contributed by atoms with Crippen LogP contribution >= 0.6 is 11.6 Å². The van der Waals surface area contributed by atoms with Gasteiger partial charge in [-0.05, 0) is 42.8 Å². The second-order valence-electron chi connectivity index (χ2n) is 6.72. The predicted octanol–water partition coefficient (Wildman–Crippen LogP) is 4.73. The van der Waals surface area contributed by atoms with Gasteiger partial charge in [0.05, 0.1) is 6.07 Å². The Labute approximate surface area is 171 Å². The first-order valence-electron chi connectivity index (χ1n) is 8.85. The fourth-order valence-electron chi connectivity index (χ4n) is 3.50. The number of rotatable bonds is 4. The van der Waals surface area contributed by atoms with Gasteiger partial charge in [-0.2, -0.15) is 5.26 Å². The lowest BCUT2D eigenvalue weighted by Gasteiger charge is -2.29. The summed E-state index contributed by atoms with van der Waals surface area (Å²) in [5, 5.41) is 25.3. The molecule has 2 heterocycles. The van der Waals surface area contributed by atoms with Crippen molar-refractivity contribution in [1.29, 1.82) is 10.7 Å². The molecule has 8 heteroatoms. The molecule has 146 valence electrons. The molecule has 4 rings (SSSR count). The van der Waals surface area contributed by atoms with Gasteiger partial charge in [0.25, 0.3) is 0 Å². The molecule has 1 aliphatic rings. The quantitative estimate of drug-likeness (QED) is 0.650. The van der Waals surface area contributed by atoms with Crippen LogP contribution in [0.5, 0.6) is 11.6 Å². The van der Waals surface area contributed by atoms with Crippen molar-refractivity contribution < 1.29 is 13.9 Å². The van der Waals surface area contributed by atoms with Gasteiger partial charge in [0, 0.05) is 27.8 Å². The van der Waals surface area contributed by atoms with Crippen LogP contribution in [-0.4, -0.2) is 16.1 Å². The highest BCUT2D eigenvalue weighted by molar-refractivity contribution is 6.30. The van der Waals surface area contributed by atoms with E-state index in [1.165, 1.54) is 12.1 Å². The van der Waals surface area contributed by atoms with Gasteiger partial charge in [-0.3, -0.25) is 10.5 Å². The molecule has 0 spiro atoms. The van der Waals surface area contributed by atoms with Crippen molar-refractivity contribution in [2.45, 2.75) is 19.4 Å². The maximum atomic E-state index is 13.5. The van der Waals surface area contributed by atoms with Gasteiger partial charge in [-0.1, -0.05) is 23.7 Å². The van der Waals surface area contributed by atoms with Crippen LogP contribution in [0.1, 0.15) is 28.3 Å². The maximum absolute atomic E-state index is 13.5. The van der Waals surface area contributed by atoms with Crippen LogP contribution < -0.4 is 9.47 Å². The van der Waals surface area contributed by atoms with E-state index in [0.717, 1.165) is 5.69 Å². The number of nitriles is 1. The summed E-state index contributed by atoms with van der Waals surface area (Å²) < 4.78 is 24.9. The Balaban J connectivity index is 1.77. The zero-order chi connectivity index (χ0) is 20.5. The molecule has 3 aromatic rings. The molecule has 0 saturated heterocycles. The fourth-order valence-corrected chi connectivity index (χ4v) is 3.68. The number of nitrogens with zero attached hydrogens (tertiary/aromatic N) is 2. The largest absolute Gasteiger partial charge is 0.489 e. The van der Waals surface area contributed by atoms with E-state index in [0.29, 0.717) is 27.5 Å². The Morgan fingerprint density at radius 1 is 1.34 bits per heavy atom. The first-order valence-corrected chi connectivity index (χ1v) is 9.23. The Morgan fingerprint density at radius 3 is 2.93 bits per heavy atom. The van der Waals surface area contributed by atoms with Crippen molar-refractivity contribution in [1.82, 2.24) is 10.2 Å². The van der Waals surface area contributed by atoms with E-state index in [9.17, 15) is 9.65 Å². The molecule has 1 aromatic heterocycles. The lowest BCUT2D eigenvalue weighted by Crippen LogP contribution is -2.31. The number of hydrogen-bond acceptors (Lipinski definition) is 5. The van der Waals surface area contributed by atoms with Crippen molar-refractivity contribution in [2.75, 3.05) is 0 Å². The summed E-state index contributed by atoms with van der Waals surface area (Å²) in [7, 11) is 0. The molecule has 0 bridgehead atoms. The SMILES string of the molecule is Cc1[nH]nc2c1C(c1cc(Cl)ccc1OCc1cccc(F)c1)C(C#N)C(=N)O2. The molecule has 6 nitrogen and oxygen atoms in total. The van der Waals surface area contributed by atoms with Crippen molar-refractivity contribution in [3.8, 4) is 17.7 Å². The van der Waals surface area contributed by atoms with E-state index in [2.05, 4.69) is 16.3 Å². The summed E-state index contributed by atoms with van der Waals surface area (Å²) in [5.74, 6) is -1.19. The Hall–Kier alpha value is -3.37. The normalized spacial score (nSPS) is 17.9. The molecule has 2 aromatic carbocycles. The molecule has 0 aliphatic carbocycles. The monoisotopic (exact) mass is 410 g/mol. The molecule has 0 radical (unpaired) electrons. The number of aromatic nitrogens is 2. The van der Waals surface area contributed by atoms with Gasteiger partial charge in [-0.15, -0.1) is 5.10 Å². The molecule has 2 unspecified atom stereocenters. The minimum atomic E-state index is -0.867. The highest BCUT2D eigenvalue weighted by Crippen LogP contribution is 2.46. The van der Waals surface area contributed by atoms with E-state index in [1.807, 2.05) is 6.92 Å². The molecular weight excluding hydrogens is 395 g/mol. The van der Waals surface area contributed by atoms with Gasteiger partial charge in [-0.25, -0.2) is 4.39 Å². The molecule has 2 N–H and O–H groups in total. The molecule has 0 saturated carbocycles. The molecule has 0 fully saturated rings. The number of aromatic amines is 1. The lowest BCUT2D eigenvalue weighted by atomic mass is 9.79. The summed E-state index contributed by atoms with van der Waals surface area (Å²) in [4.78, 5) is 0. The minimum Gasteiger partial charge on any atom is -0.489 e.